The van der Waals surface area contributed by atoms with E-state index >= 15 is 0 Å². The van der Waals surface area contributed by atoms with Crippen LogP contribution in [0.2, 0.25) is 0 Å². The van der Waals surface area contributed by atoms with E-state index in [1.165, 1.54) is 7.05 Å². The van der Waals surface area contributed by atoms with Gasteiger partial charge in [0.15, 0.2) is 0 Å². The van der Waals surface area contributed by atoms with Gasteiger partial charge in [0.25, 0.3) is 0 Å². The highest BCUT2D eigenvalue weighted by Crippen LogP contribution is 2.20. The molecule has 0 spiro atoms. The van der Waals surface area contributed by atoms with Gasteiger partial charge in [-0.15, -0.1) is 0 Å². The normalized spacial score (nSPS) is 13.2. The first-order valence-electron chi connectivity index (χ1n) is 5.30. The van der Waals surface area contributed by atoms with Crippen molar-refractivity contribution in [1.82, 2.24) is 4.90 Å². The number of carbonyl (C=O) groups excluding carboxylic acids is 1. The van der Waals surface area contributed by atoms with Crippen LogP contribution in [0.1, 0.15) is 26.2 Å². The van der Waals surface area contributed by atoms with E-state index in [1.54, 1.807) is 0 Å². The highest BCUT2D eigenvalue weighted by Gasteiger charge is 2.30. The Balaban J connectivity index is 4.40. The molecule has 17 heavy (non-hydrogen) atoms. The second-order valence-electron chi connectivity index (χ2n) is 3.87. The molecule has 1 unspecified atom stereocenters. The Hall–Kier alpha value is -0.850. The van der Waals surface area contributed by atoms with Crippen LogP contribution in [-0.4, -0.2) is 35.6 Å². The van der Waals surface area contributed by atoms with Crippen molar-refractivity contribution in [3.63, 3.8) is 0 Å². The Morgan fingerprint density at radius 2 is 2.00 bits per heavy atom. The van der Waals surface area contributed by atoms with Crippen LogP contribution in [0.15, 0.2) is 0 Å². The molecule has 100 valence electrons. The lowest BCUT2D eigenvalue weighted by Crippen LogP contribution is -2.40. The number of halogens is 3. The van der Waals surface area contributed by atoms with Crippen molar-refractivity contribution in [3.8, 4) is 0 Å². The van der Waals surface area contributed by atoms with Gasteiger partial charge in [-0.2, -0.15) is 13.2 Å². The van der Waals surface area contributed by atoms with Crippen molar-refractivity contribution in [3.05, 3.63) is 0 Å². The fraction of sp³-hybridized carbons (Fsp3) is 0.800. The van der Waals surface area contributed by atoms with Crippen molar-refractivity contribution in [2.45, 2.75) is 32.4 Å². The summed E-state index contributed by atoms with van der Waals surface area (Å²) in [5.74, 6) is -1.10. The number of hydrogen-bond acceptors (Lipinski definition) is 2. The number of amides is 1. The van der Waals surface area contributed by atoms with Crippen molar-refractivity contribution in [2.24, 2.45) is 11.7 Å². The van der Waals surface area contributed by atoms with Crippen LogP contribution >= 0.6 is 12.2 Å². The van der Waals surface area contributed by atoms with E-state index in [-0.39, 0.29) is 11.5 Å². The lowest BCUT2D eigenvalue weighted by atomic mass is 10.0. The first-order valence-corrected chi connectivity index (χ1v) is 5.71. The van der Waals surface area contributed by atoms with E-state index in [0.29, 0.717) is 12.8 Å². The molecule has 0 aliphatic rings. The van der Waals surface area contributed by atoms with E-state index in [0.717, 1.165) is 4.90 Å². The molecule has 2 N–H and O–H groups in total. The van der Waals surface area contributed by atoms with Gasteiger partial charge in [-0.25, -0.2) is 0 Å². The third kappa shape index (κ3) is 6.45. The molecular formula is C10H17F3N2OS. The third-order valence-electron chi connectivity index (χ3n) is 2.33. The van der Waals surface area contributed by atoms with Gasteiger partial charge in [0.2, 0.25) is 5.91 Å². The average Bonchev–Trinajstić information content (AvgIpc) is 2.20. The second kappa shape index (κ2) is 6.78. The molecule has 0 heterocycles. The summed E-state index contributed by atoms with van der Waals surface area (Å²) in [6, 6.07) is 0. The molecule has 0 aromatic rings. The Kier molecular flexibility index (Phi) is 6.44. The molecule has 0 aliphatic heterocycles. The van der Waals surface area contributed by atoms with E-state index < -0.39 is 24.4 Å². The predicted octanol–water partition coefficient (Wildman–Crippen LogP) is 2.10. The number of nitrogens with zero attached hydrogens (tertiary/aromatic N) is 1. The summed E-state index contributed by atoms with van der Waals surface area (Å²) in [4.78, 5) is 12.9. The van der Waals surface area contributed by atoms with Crippen LogP contribution < -0.4 is 5.73 Å². The van der Waals surface area contributed by atoms with Gasteiger partial charge in [-0.05, 0) is 6.42 Å². The zero-order valence-electron chi connectivity index (χ0n) is 9.88. The highest BCUT2D eigenvalue weighted by atomic mass is 32.1. The number of alkyl halides is 3. The molecule has 7 heteroatoms. The smallest absolute Gasteiger partial charge is 0.390 e. The van der Waals surface area contributed by atoms with Gasteiger partial charge >= 0.3 is 6.18 Å². The van der Waals surface area contributed by atoms with Crippen molar-refractivity contribution < 1.29 is 18.0 Å². The average molecular weight is 270 g/mol. The van der Waals surface area contributed by atoms with Crippen LogP contribution in [-0.2, 0) is 4.79 Å². The van der Waals surface area contributed by atoms with E-state index in [1.807, 2.05) is 6.92 Å². The van der Waals surface area contributed by atoms with E-state index in [4.69, 9.17) is 18.0 Å². The van der Waals surface area contributed by atoms with Gasteiger partial charge in [0.05, 0.1) is 17.3 Å². The van der Waals surface area contributed by atoms with Gasteiger partial charge in [0.1, 0.15) is 0 Å². The quantitative estimate of drug-likeness (QED) is 0.752. The minimum Gasteiger partial charge on any atom is -0.393 e. The molecule has 0 fully saturated rings. The van der Waals surface area contributed by atoms with E-state index in [9.17, 15) is 18.0 Å². The standard InChI is InChI=1S/C10H17F3N2OS/c1-3-4-7(8(14)17)9(16)15(2)6-5-10(11,12)13/h7H,3-6H2,1-2H3,(H2,14,17). The van der Waals surface area contributed by atoms with E-state index in [2.05, 4.69) is 0 Å². The summed E-state index contributed by atoms with van der Waals surface area (Å²) >= 11 is 4.74. The summed E-state index contributed by atoms with van der Waals surface area (Å²) in [6.07, 6.45) is -4.13. The molecule has 0 aliphatic carbocycles. The second-order valence-corrected chi connectivity index (χ2v) is 4.34. The van der Waals surface area contributed by atoms with Gasteiger partial charge in [-0.3, -0.25) is 4.79 Å². The summed E-state index contributed by atoms with van der Waals surface area (Å²) in [7, 11) is 1.33. The maximum absolute atomic E-state index is 12.0. The molecule has 0 aromatic heterocycles. The highest BCUT2D eigenvalue weighted by molar-refractivity contribution is 7.80. The number of carbonyl (C=O) groups is 1. The molecular weight excluding hydrogens is 253 g/mol. The molecule has 1 atom stereocenters. The maximum Gasteiger partial charge on any atom is 0.390 e. The van der Waals surface area contributed by atoms with Gasteiger partial charge in [-0.1, -0.05) is 25.6 Å². The minimum absolute atomic E-state index is 0.0377. The zero-order chi connectivity index (χ0) is 13.6. The Labute approximate surface area is 104 Å². The zero-order valence-corrected chi connectivity index (χ0v) is 10.7. The number of thiocarbonyl (C=S) groups is 1. The molecule has 0 aromatic carbocycles. The lowest BCUT2D eigenvalue weighted by molar-refractivity contribution is -0.145. The molecule has 0 bridgehead atoms. The Morgan fingerprint density at radius 1 is 1.47 bits per heavy atom. The van der Waals surface area contributed by atoms with Gasteiger partial charge < -0.3 is 10.6 Å². The molecule has 3 nitrogen and oxygen atoms in total. The van der Waals surface area contributed by atoms with Crippen LogP contribution in [0.3, 0.4) is 0 Å². The maximum atomic E-state index is 12.0. The minimum atomic E-state index is -4.27. The first kappa shape index (κ1) is 16.1. The number of hydrogen-bond donors (Lipinski definition) is 1. The van der Waals surface area contributed by atoms with Crippen LogP contribution in [0.25, 0.3) is 0 Å². The fourth-order valence-electron chi connectivity index (χ4n) is 1.35. The SMILES string of the molecule is CCCC(C(=O)N(C)CCC(F)(F)F)C(N)=S. The summed E-state index contributed by atoms with van der Waals surface area (Å²) in [5, 5.41) is 0. The van der Waals surface area contributed by atoms with Crippen molar-refractivity contribution in [2.75, 3.05) is 13.6 Å². The monoisotopic (exact) mass is 270 g/mol. The van der Waals surface area contributed by atoms with Gasteiger partial charge in [0, 0.05) is 13.6 Å². The summed E-state index contributed by atoms with van der Waals surface area (Å²) in [6.45, 7) is 1.49. The van der Waals surface area contributed by atoms with Crippen molar-refractivity contribution in [1.29, 1.82) is 0 Å². The summed E-state index contributed by atoms with van der Waals surface area (Å²) < 4.78 is 36.0. The number of nitrogens with two attached hydrogens (primary N) is 1. The van der Waals surface area contributed by atoms with Crippen LogP contribution in [0.5, 0.6) is 0 Å². The molecule has 0 saturated carbocycles. The topological polar surface area (TPSA) is 46.3 Å². The molecule has 1 amide bonds. The number of rotatable bonds is 6. The van der Waals surface area contributed by atoms with Crippen LogP contribution in [0.4, 0.5) is 13.2 Å². The first-order chi connectivity index (χ1) is 7.69. The lowest BCUT2D eigenvalue weighted by Gasteiger charge is -2.23. The largest absolute Gasteiger partial charge is 0.393 e. The molecule has 0 rings (SSSR count). The molecule has 0 radical (unpaired) electrons. The molecule has 0 saturated heterocycles. The third-order valence-corrected chi connectivity index (χ3v) is 2.61. The van der Waals surface area contributed by atoms with Crippen LogP contribution in [0, 0.1) is 5.92 Å². The predicted molar refractivity (Wildman–Crippen MR) is 63.5 cm³/mol. The Bertz CT molecular complexity index is 281. The fourth-order valence-corrected chi connectivity index (χ4v) is 1.57. The Morgan fingerprint density at radius 3 is 2.35 bits per heavy atom. The summed E-state index contributed by atoms with van der Waals surface area (Å²) in [5.41, 5.74) is 5.41. The van der Waals surface area contributed by atoms with Crippen molar-refractivity contribution >= 4 is 23.1 Å².